The molecule has 0 radical (unpaired) electrons. The molecule has 0 unspecified atom stereocenters. The zero-order chi connectivity index (χ0) is 14.0. The van der Waals surface area contributed by atoms with Crippen LogP contribution in [0.3, 0.4) is 0 Å². The second-order valence-corrected chi connectivity index (χ2v) is 4.24. The molecule has 2 rings (SSSR count). The number of nitrogens with one attached hydrogen (secondary N) is 2. The summed E-state index contributed by atoms with van der Waals surface area (Å²) in [6, 6.07) is 2.89. The van der Waals surface area contributed by atoms with E-state index in [0.717, 1.165) is 12.1 Å². The number of anilines is 1. The second kappa shape index (κ2) is 4.96. The van der Waals surface area contributed by atoms with Gasteiger partial charge in [-0.15, -0.1) is 10.2 Å². The molecule has 2 N–H and O–H groups in total. The molecule has 1 aromatic heterocycles. The highest BCUT2D eigenvalue weighted by molar-refractivity contribution is 9.10. The van der Waals surface area contributed by atoms with Gasteiger partial charge in [0.1, 0.15) is 0 Å². The fraction of sp³-hybridized carbons (Fsp3) is 0.111. The number of benzene rings is 1. The van der Waals surface area contributed by atoms with Crippen molar-refractivity contribution in [1.29, 1.82) is 0 Å². The molecule has 1 aromatic carbocycles. The number of hydrogen-bond donors (Lipinski definition) is 2. The number of tetrazole rings is 1. The van der Waals surface area contributed by atoms with Crippen LogP contribution in [-0.4, -0.2) is 26.5 Å². The third-order valence-corrected chi connectivity index (χ3v) is 2.78. The van der Waals surface area contributed by atoms with Crippen LogP contribution >= 0.6 is 15.9 Å². The lowest BCUT2D eigenvalue weighted by Gasteiger charge is -2.10. The molecule has 0 saturated carbocycles. The molecule has 2 aromatic rings. The molecule has 1 amide bonds. The van der Waals surface area contributed by atoms with E-state index in [1.807, 2.05) is 0 Å². The van der Waals surface area contributed by atoms with Crippen molar-refractivity contribution in [2.45, 2.75) is 6.18 Å². The van der Waals surface area contributed by atoms with Crippen LogP contribution in [0.25, 0.3) is 0 Å². The van der Waals surface area contributed by atoms with Crippen LogP contribution in [0.4, 0.5) is 18.9 Å². The van der Waals surface area contributed by atoms with Crippen molar-refractivity contribution < 1.29 is 18.0 Å². The van der Waals surface area contributed by atoms with E-state index in [0.29, 0.717) is 4.47 Å². The van der Waals surface area contributed by atoms with Gasteiger partial charge in [0.15, 0.2) is 0 Å². The zero-order valence-corrected chi connectivity index (χ0v) is 10.6. The Hall–Kier alpha value is -1.97. The lowest BCUT2D eigenvalue weighted by molar-refractivity contribution is -0.137. The Balaban J connectivity index is 2.27. The maximum absolute atomic E-state index is 12.5. The van der Waals surface area contributed by atoms with Crippen molar-refractivity contribution in [2.24, 2.45) is 0 Å². The summed E-state index contributed by atoms with van der Waals surface area (Å²) in [7, 11) is 0. The molecule has 0 aliphatic carbocycles. The van der Waals surface area contributed by atoms with Gasteiger partial charge < -0.3 is 5.32 Å². The minimum atomic E-state index is -4.49. The Bertz CT molecular complexity index is 598. The van der Waals surface area contributed by atoms with Gasteiger partial charge >= 0.3 is 6.18 Å². The van der Waals surface area contributed by atoms with Crippen LogP contribution in [0.2, 0.25) is 0 Å². The Kier molecular flexibility index (Phi) is 3.51. The fourth-order valence-electron chi connectivity index (χ4n) is 1.23. The molecule has 1 heterocycles. The molecule has 0 spiro atoms. The fourth-order valence-corrected chi connectivity index (χ4v) is 1.58. The topological polar surface area (TPSA) is 83.6 Å². The monoisotopic (exact) mass is 335 g/mol. The van der Waals surface area contributed by atoms with E-state index in [1.54, 1.807) is 0 Å². The molecule has 100 valence electrons. The van der Waals surface area contributed by atoms with E-state index >= 15 is 0 Å². The van der Waals surface area contributed by atoms with Gasteiger partial charge in [-0.2, -0.15) is 18.4 Å². The van der Waals surface area contributed by atoms with Gasteiger partial charge in [0, 0.05) is 4.47 Å². The van der Waals surface area contributed by atoms with Crippen molar-refractivity contribution >= 4 is 27.5 Å². The van der Waals surface area contributed by atoms with Crippen LogP contribution in [-0.2, 0) is 6.18 Å². The van der Waals surface area contributed by atoms with Crippen LogP contribution in [0.15, 0.2) is 22.7 Å². The maximum atomic E-state index is 12.5. The second-order valence-electron chi connectivity index (χ2n) is 3.38. The first kappa shape index (κ1) is 13.5. The van der Waals surface area contributed by atoms with E-state index in [-0.39, 0.29) is 11.5 Å². The Labute approximate surface area is 112 Å². The smallest absolute Gasteiger partial charge is 0.318 e. The maximum Gasteiger partial charge on any atom is 0.416 e. The summed E-state index contributed by atoms with van der Waals surface area (Å²) in [6.07, 6.45) is -4.49. The predicted molar refractivity (Wildman–Crippen MR) is 61.3 cm³/mol. The van der Waals surface area contributed by atoms with Gasteiger partial charge in [-0.1, -0.05) is 0 Å². The number of alkyl halides is 3. The number of aromatic nitrogens is 4. The number of nitrogens with zero attached hydrogens (tertiary/aromatic N) is 3. The first-order valence-electron chi connectivity index (χ1n) is 4.79. The van der Waals surface area contributed by atoms with E-state index < -0.39 is 17.6 Å². The number of hydrogen-bond acceptors (Lipinski definition) is 4. The summed E-state index contributed by atoms with van der Waals surface area (Å²) < 4.78 is 37.9. The molecule has 0 fully saturated rings. The van der Waals surface area contributed by atoms with Gasteiger partial charge in [0.2, 0.25) is 0 Å². The summed E-state index contributed by atoms with van der Waals surface area (Å²) >= 11 is 3.04. The van der Waals surface area contributed by atoms with Gasteiger partial charge in [-0.25, -0.2) is 0 Å². The third-order valence-electron chi connectivity index (χ3n) is 2.09. The van der Waals surface area contributed by atoms with E-state index in [4.69, 9.17) is 0 Å². The Morgan fingerprint density at radius 3 is 2.68 bits per heavy atom. The first-order chi connectivity index (χ1) is 8.88. The Morgan fingerprint density at radius 2 is 2.11 bits per heavy atom. The molecule has 10 heteroatoms. The number of halogens is 4. The molecule has 0 saturated heterocycles. The highest BCUT2D eigenvalue weighted by atomic mass is 79.9. The van der Waals surface area contributed by atoms with Crippen molar-refractivity contribution in [2.75, 3.05) is 5.32 Å². The normalized spacial score (nSPS) is 11.4. The summed E-state index contributed by atoms with van der Waals surface area (Å²) in [5.41, 5.74) is -0.913. The van der Waals surface area contributed by atoms with E-state index in [1.165, 1.54) is 6.07 Å². The Morgan fingerprint density at radius 1 is 1.37 bits per heavy atom. The molecule has 0 aliphatic heterocycles. The van der Waals surface area contributed by atoms with Crippen LogP contribution in [0, 0.1) is 0 Å². The lowest BCUT2D eigenvalue weighted by Crippen LogP contribution is -2.15. The van der Waals surface area contributed by atoms with Crippen molar-refractivity contribution in [3.8, 4) is 0 Å². The number of rotatable bonds is 2. The summed E-state index contributed by atoms with van der Waals surface area (Å²) in [5, 5.41) is 14.3. The van der Waals surface area contributed by atoms with E-state index in [2.05, 4.69) is 41.9 Å². The zero-order valence-electron chi connectivity index (χ0n) is 8.99. The molecule has 0 atom stereocenters. The SMILES string of the molecule is O=C(Nc1cc(C(F)(F)F)ccc1Br)c1nn[nH]n1. The molecule has 0 bridgehead atoms. The summed E-state index contributed by atoms with van der Waals surface area (Å²) in [5.74, 6) is -1.04. The molecule has 19 heavy (non-hydrogen) atoms. The summed E-state index contributed by atoms with van der Waals surface area (Å²) in [4.78, 5) is 11.6. The van der Waals surface area contributed by atoms with E-state index in [9.17, 15) is 18.0 Å². The third kappa shape index (κ3) is 3.08. The van der Waals surface area contributed by atoms with Gasteiger partial charge in [0.25, 0.3) is 11.7 Å². The quantitative estimate of drug-likeness (QED) is 0.881. The lowest BCUT2D eigenvalue weighted by atomic mass is 10.2. The standard InChI is InChI=1S/C9H5BrF3N5O/c10-5-2-1-4(9(11,12)13)3-6(5)14-8(19)7-15-17-18-16-7/h1-3H,(H,14,19)(H,15,16,17,18). The number of carbonyl (C=O) groups is 1. The molecule has 0 aliphatic rings. The number of amides is 1. The van der Waals surface area contributed by atoms with Crippen molar-refractivity contribution in [3.63, 3.8) is 0 Å². The van der Waals surface area contributed by atoms with Crippen LogP contribution in [0.1, 0.15) is 16.2 Å². The van der Waals surface area contributed by atoms with Crippen molar-refractivity contribution in [3.05, 3.63) is 34.1 Å². The van der Waals surface area contributed by atoms with Gasteiger partial charge in [-0.05, 0) is 39.3 Å². The number of aromatic amines is 1. The number of H-pyrrole nitrogens is 1. The minimum Gasteiger partial charge on any atom is -0.318 e. The average molecular weight is 336 g/mol. The predicted octanol–water partition coefficient (Wildman–Crippen LogP) is 2.23. The highest BCUT2D eigenvalue weighted by Gasteiger charge is 2.31. The van der Waals surface area contributed by atoms with Gasteiger partial charge in [0.05, 0.1) is 11.3 Å². The largest absolute Gasteiger partial charge is 0.416 e. The van der Waals surface area contributed by atoms with Gasteiger partial charge in [-0.3, -0.25) is 4.79 Å². The highest BCUT2D eigenvalue weighted by Crippen LogP contribution is 2.33. The van der Waals surface area contributed by atoms with Crippen LogP contribution in [0.5, 0.6) is 0 Å². The van der Waals surface area contributed by atoms with Crippen molar-refractivity contribution in [1.82, 2.24) is 20.6 Å². The van der Waals surface area contributed by atoms with Crippen LogP contribution < -0.4 is 5.32 Å². The molecular formula is C9H5BrF3N5O. The first-order valence-corrected chi connectivity index (χ1v) is 5.59. The average Bonchev–Trinajstić information content (AvgIpc) is 2.84. The number of carbonyl (C=O) groups excluding carboxylic acids is 1. The minimum absolute atomic E-state index is 0.0374. The molecular weight excluding hydrogens is 331 g/mol. The molecule has 6 nitrogen and oxygen atoms in total. The summed E-state index contributed by atoms with van der Waals surface area (Å²) in [6.45, 7) is 0.